The Hall–Kier alpha value is -2.05. The molecule has 0 saturated heterocycles. The van der Waals surface area contributed by atoms with E-state index in [4.69, 9.17) is 9.47 Å². The molecule has 1 heterocycles. The van der Waals surface area contributed by atoms with Crippen molar-refractivity contribution in [2.45, 2.75) is 16.0 Å². The van der Waals surface area contributed by atoms with Crippen LogP contribution in [0.15, 0.2) is 58.3 Å². The summed E-state index contributed by atoms with van der Waals surface area (Å²) in [6.45, 7) is 0.383. The molecule has 6 heteroatoms. The van der Waals surface area contributed by atoms with Crippen LogP contribution in [0.5, 0.6) is 11.5 Å². The van der Waals surface area contributed by atoms with Crippen LogP contribution in [0.3, 0.4) is 0 Å². The molecule has 0 spiro atoms. The summed E-state index contributed by atoms with van der Waals surface area (Å²) in [5.41, 5.74) is 0. The zero-order valence-electron chi connectivity index (χ0n) is 11.4. The molecule has 1 unspecified atom stereocenters. The van der Waals surface area contributed by atoms with Crippen LogP contribution in [0.4, 0.5) is 0 Å². The number of hydrogen-bond donors (Lipinski definition) is 1. The van der Waals surface area contributed by atoms with Gasteiger partial charge in [-0.2, -0.15) is 0 Å². The molecule has 0 fully saturated rings. The van der Waals surface area contributed by atoms with Gasteiger partial charge in [0.2, 0.25) is 9.84 Å². The zero-order valence-corrected chi connectivity index (χ0v) is 12.3. The Balaban J connectivity index is 2.01. The summed E-state index contributed by atoms with van der Waals surface area (Å²) >= 11 is 0. The van der Waals surface area contributed by atoms with Crippen molar-refractivity contribution in [3.8, 4) is 11.5 Å². The van der Waals surface area contributed by atoms with Gasteiger partial charge in [0.25, 0.3) is 0 Å². The lowest BCUT2D eigenvalue weighted by Crippen LogP contribution is -2.39. The lowest BCUT2D eigenvalue weighted by atomic mass is 10.3. The molecule has 0 amide bonds. The molecular formula is C15H15NO4S. The number of rotatable bonds is 3. The molecule has 0 bridgehead atoms. The van der Waals surface area contributed by atoms with E-state index in [1.54, 1.807) is 43.4 Å². The number of benzene rings is 2. The van der Waals surface area contributed by atoms with Gasteiger partial charge in [0.15, 0.2) is 17.7 Å². The van der Waals surface area contributed by atoms with Crippen molar-refractivity contribution in [2.24, 2.45) is 0 Å². The topological polar surface area (TPSA) is 64.6 Å². The summed E-state index contributed by atoms with van der Waals surface area (Å²) in [5.74, 6) is 0.978. The van der Waals surface area contributed by atoms with E-state index >= 15 is 0 Å². The maximum Gasteiger partial charge on any atom is 0.206 e. The zero-order chi connectivity index (χ0) is 14.9. The summed E-state index contributed by atoms with van der Waals surface area (Å²) in [7, 11) is -1.80. The first-order valence-corrected chi connectivity index (χ1v) is 8.00. The van der Waals surface area contributed by atoms with Gasteiger partial charge in [-0.3, -0.25) is 5.32 Å². The largest absolute Gasteiger partial charge is 0.484 e. The van der Waals surface area contributed by atoms with E-state index in [1.807, 2.05) is 0 Å². The molecule has 3 rings (SSSR count). The monoisotopic (exact) mass is 305 g/mol. The van der Waals surface area contributed by atoms with Gasteiger partial charge in [-0.25, -0.2) is 8.42 Å². The number of nitrogens with one attached hydrogen (secondary N) is 1. The van der Waals surface area contributed by atoms with Gasteiger partial charge in [0.1, 0.15) is 6.61 Å². The van der Waals surface area contributed by atoms with Crippen molar-refractivity contribution in [1.29, 1.82) is 0 Å². The van der Waals surface area contributed by atoms with E-state index in [-0.39, 0.29) is 16.0 Å². The van der Waals surface area contributed by atoms with Crippen molar-refractivity contribution in [3.05, 3.63) is 48.5 Å². The van der Waals surface area contributed by atoms with Gasteiger partial charge in [0, 0.05) is 6.07 Å². The van der Waals surface area contributed by atoms with E-state index in [0.29, 0.717) is 18.1 Å². The Bertz CT molecular complexity index is 744. The molecule has 2 aromatic rings. The SMILES string of the molecule is CNC1COc2ccc(S(=O)(=O)c3ccccc3)cc2O1. The Morgan fingerprint density at radius 1 is 1.05 bits per heavy atom. The number of likely N-dealkylation sites (N-methyl/N-ethyl adjacent to an activating group) is 1. The van der Waals surface area contributed by atoms with Gasteiger partial charge in [-0.1, -0.05) is 18.2 Å². The Labute approximate surface area is 123 Å². The molecule has 0 aliphatic carbocycles. The first-order chi connectivity index (χ1) is 10.1. The molecule has 0 aromatic heterocycles. The van der Waals surface area contributed by atoms with E-state index in [0.717, 1.165) is 0 Å². The van der Waals surface area contributed by atoms with Crippen LogP contribution in [0.1, 0.15) is 0 Å². The Morgan fingerprint density at radius 3 is 2.52 bits per heavy atom. The minimum absolute atomic E-state index is 0.188. The van der Waals surface area contributed by atoms with Crippen molar-refractivity contribution in [2.75, 3.05) is 13.7 Å². The maximum atomic E-state index is 12.6. The predicted molar refractivity (Wildman–Crippen MR) is 77.3 cm³/mol. The lowest BCUT2D eigenvalue weighted by Gasteiger charge is -2.26. The highest BCUT2D eigenvalue weighted by Gasteiger charge is 2.24. The molecule has 21 heavy (non-hydrogen) atoms. The number of sulfone groups is 1. The summed E-state index contributed by atoms with van der Waals surface area (Å²) < 4.78 is 36.3. The van der Waals surface area contributed by atoms with Crippen molar-refractivity contribution in [3.63, 3.8) is 0 Å². The van der Waals surface area contributed by atoms with Gasteiger partial charge < -0.3 is 9.47 Å². The smallest absolute Gasteiger partial charge is 0.206 e. The number of ether oxygens (including phenoxy) is 2. The Morgan fingerprint density at radius 2 is 1.81 bits per heavy atom. The van der Waals surface area contributed by atoms with Crippen LogP contribution in [0.2, 0.25) is 0 Å². The minimum atomic E-state index is -3.55. The number of fused-ring (bicyclic) bond motifs is 1. The molecule has 0 radical (unpaired) electrons. The highest BCUT2D eigenvalue weighted by atomic mass is 32.2. The molecule has 5 nitrogen and oxygen atoms in total. The van der Waals surface area contributed by atoms with Gasteiger partial charge in [-0.05, 0) is 31.3 Å². The van der Waals surface area contributed by atoms with Crippen LogP contribution < -0.4 is 14.8 Å². The van der Waals surface area contributed by atoms with Crippen molar-refractivity contribution >= 4 is 9.84 Å². The second kappa shape index (κ2) is 5.38. The molecule has 1 aliphatic heterocycles. The summed E-state index contributed by atoms with van der Waals surface area (Å²) in [6.07, 6.45) is -0.285. The standard InChI is InChI=1S/C15H15NO4S/c1-16-15-10-19-13-8-7-12(9-14(13)20-15)21(17,18)11-5-3-2-4-6-11/h2-9,15-16H,10H2,1H3. The van der Waals surface area contributed by atoms with Crippen LogP contribution in [0.25, 0.3) is 0 Å². The third kappa shape index (κ3) is 2.59. The molecule has 1 aliphatic rings. The van der Waals surface area contributed by atoms with Gasteiger partial charge in [0.05, 0.1) is 9.79 Å². The first-order valence-electron chi connectivity index (χ1n) is 6.52. The highest BCUT2D eigenvalue weighted by molar-refractivity contribution is 7.91. The van der Waals surface area contributed by atoms with E-state index in [2.05, 4.69) is 5.32 Å². The van der Waals surface area contributed by atoms with Crippen LogP contribution in [-0.4, -0.2) is 28.3 Å². The second-order valence-corrected chi connectivity index (χ2v) is 6.58. The average molecular weight is 305 g/mol. The molecule has 0 saturated carbocycles. The maximum absolute atomic E-state index is 12.6. The third-order valence-electron chi connectivity index (χ3n) is 3.26. The van der Waals surface area contributed by atoms with E-state index in [9.17, 15) is 8.42 Å². The normalized spacial score (nSPS) is 17.5. The molecular weight excluding hydrogens is 290 g/mol. The van der Waals surface area contributed by atoms with Gasteiger partial charge in [-0.15, -0.1) is 0 Å². The number of hydrogen-bond acceptors (Lipinski definition) is 5. The average Bonchev–Trinajstić information content (AvgIpc) is 2.54. The molecule has 110 valence electrons. The fourth-order valence-corrected chi connectivity index (χ4v) is 3.39. The van der Waals surface area contributed by atoms with Gasteiger partial charge >= 0.3 is 0 Å². The van der Waals surface area contributed by atoms with Crippen molar-refractivity contribution < 1.29 is 17.9 Å². The molecule has 2 aromatic carbocycles. The van der Waals surface area contributed by atoms with Crippen molar-refractivity contribution in [1.82, 2.24) is 5.32 Å². The first kappa shape index (κ1) is 13.9. The summed E-state index contributed by atoms with van der Waals surface area (Å²) in [6, 6.07) is 13.0. The quantitative estimate of drug-likeness (QED) is 0.937. The fourth-order valence-electron chi connectivity index (χ4n) is 2.10. The second-order valence-electron chi connectivity index (χ2n) is 4.63. The minimum Gasteiger partial charge on any atom is -0.484 e. The van der Waals surface area contributed by atoms with E-state index < -0.39 is 9.84 Å². The molecule has 1 atom stereocenters. The fraction of sp³-hybridized carbons (Fsp3) is 0.200. The molecule has 1 N–H and O–H groups in total. The van der Waals surface area contributed by atoms with Crippen LogP contribution in [-0.2, 0) is 9.84 Å². The Kier molecular flexibility index (Phi) is 3.57. The highest BCUT2D eigenvalue weighted by Crippen LogP contribution is 2.34. The van der Waals surface area contributed by atoms with E-state index in [1.165, 1.54) is 12.1 Å². The predicted octanol–water partition coefficient (Wildman–Crippen LogP) is 1.84. The third-order valence-corrected chi connectivity index (χ3v) is 5.03. The lowest BCUT2D eigenvalue weighted by molar-refractivity contribution is 0.0722. The summed E-state index contributed by atoms with van der Waals surface area (Å²) in [4.78, 5) is 0.444. The summed E-state index contributed by atoms with van der Waals surface area (Å²) in [5, 5.41) is 2.94. The van der Waals surface area contributed by atoms with Crippen LogP contribution in [0, 0.1) is 0 Å². The van der Waals surface area contributed by atoms with Crippen LogP contribution >= 0.6 is 0 Å².